The van der Waals surface area contributed by atoms with Crippen LogP contribution in [0, 0.1) is 11.6 Å². The molecule has 0 aliphatic heterocycles. The van der Waals surface area contributed by atoms with Gasteiger partial charge < -0.3 is 5.32 Å². The van der Waals surface area contributed by atoms with Crippen molar-refractivity contribution >= 4 is 0 Å². The fraction of sp³-hybridized carbons (Fsp3) is 0.200. The molecule has 0 saturated carbocycles. The minimum atomic E-state index is -0.475. The second kappa shape index (κ2) is 6.26. The van der Waals surface area contributed by atoms with Crippen LogP contribution in [-0.2, 0) is 13.0 Å². The molecule has 0 fully saturated rings. The van der Waals surface area contributed by atoms with Crippen LogP contribution in [0.3, 0.4) is 0 Å². The number of halogens is 2. The second-order valence-corrected chi connectivity index (χ2v) is 4.11. The third-order valence-corrected chi connectivity index (χ3v) is 2.79. The molecule has 0 spiro atoms. The van der Waals surface area contributed by atoms with Gasteiger partial charge in [0.1, 0.15) is 11.6 Å². The van der Waals surface area contributed by atoms with Crippen molar-refractivity contribution in [3.8, 4) is 0 Å². The van der Waals surface area contributed by atoms with Gasteiger partial charge in [-0.15, -0.1) is 0 Å². The van der Waals surface area contributed by atoms with Crippen molar-refractivity contribution in [3.05, 3.63) is 71.3 Å². The van der Waals surface area contributed by atoms with E-state index in [4.69, 9.17) is 0 Å². The van der Waals surface area contributed by atoms with E-state index in [2.05, 4.69) is 5.32 Å². The number of nitrogens with one attached hydrogen (secondary N) is 1. The Kier molecular flexibility index (Phi) is 4.42. The van der Waals surface area contributed by atoms with E-state index in [0.717, 1.165) is 5.56 Å². The minimum absolute atomic E-state index is 0.151. The number of hydrogen-bond acceptors (Lipinski definition) is 1. The van der Waals surface area contributed by atoms with Gasteiger partial charge in [-0.1, -0.05) is 36.4 Å². The number of benzene rings is 2. The Morgan fingerprint density at radius 2 is 1.50 bits per heavy atom. The summed E-state index contributed by atoms with van der Waals surface area (Å²) >= 11 is 0. The summed E-state index contributed by atoms with van der Waals surface area (Å²) in [5.41, 5.74) is 1.31. The van der Waals surface area contributed by atoms with Crippen molar-refractivity contribution in [1.29, 1.82) is 0 Å². The van der Waals surface area contributed by atoms with Gasteiger partial charge in [0.2, 0.25) is 0 Å². The van der Waals surface area contributed by atoms with Crippen LogP contribution in [-0.4, -0.2) is 6.54 Å². The number of rotatable bonds is 5. The first-order valence-corrected chi connectivity index (χ1v) is 5.95. The average molecular weight is 247 g/mol. The van der Waals surface area contributed by atoms with Gasteiger partial charge in [0.25, 0.3) is 0 Å². The van der Waals surface area contributed by atoms with E-state index >= 15 is 0 Å². The molecule has 0 amide bonds. The summed E-state index contributed by atoms with van der Waals surface area (Å²) in [6.45, 7) is 1.25. The van der Waals surface area contributed by atoms with E-state index in [-0.39, 0.29) is 5.56 Å². The fourth-order valence-electron chi connectivity index (χ4n) is 1.81. The van der Waals surface area contributed by atoms with Gasteiger partial charge in [-0.05, 0) is 30.7 Å². The Hall–Kier alpha value is -1.74. The van der Waals surface area contributed by atoms with Gasteiger partial charge in [0, 0.05) is 12.1 Å². The average Bonchev–Trinajstić information content (AvgIpc) is 2.38. The Morgan fingerprint density at radius 3 is 2.17 bits per heavy atom. The molecule has 1 N–H and O–H groups in total. The van der Waals surface area contributed by atoms with E-state index in [1.54, 1.807) is 0 Å². The highest BCUT2D eigenvalue weighted by Gasteiger charge is 2.07. The predicted molar refractivity (Wildman–Crippen MR) is 68.2 cm³/mol. The Labute approximate surface area is 105 Å². The highest BCUT2D eigenvalue weighted by molar-refractivity contribution is 5.20. The maximum atomic E-state index is 13.3. The topological polar surface area (TPSA) is 12.0 Å². The Balaban J connectivity index is 1.82. The zero-order valence-corrected chi connectivity index (χ0v) is 10.00. The third-order valence-electron chi connectivity index (χ3n) is 2.79. The van der Waals surface area contributed by atoms with Crippen molar-refractivity contribution in [2.24, 2.45) is 0 Å². The minimum Gasteiger partial charge on any atom is -0.312 e. The van der Waals surface area contributed by atoms with Gasteiger partial charge in [0.15, 0.2) is 0 Å². The Bertz CT molecular complexity index is 477. The molecule has 0 bridgehead atoms. The van der Waals surface area contributed by atoms with Gasteiger partial charge in [-0.2, -0.15) is 0 Å². The molecule has 1 nitrogen and oxygen atoms in total. The Morgan fingerprint density at radius 1 is 0.833 bits per heavy atom. The number of hydrogen-bond donors (Lipinski definition) is 1. The summed E-state index contributed by atoms with van der Waals surface area (Å²) in [6, 6.07) is 13.9. The summed E-state index contributed by atoms with van der Waals surface area (Å²) in [6.07, 6.45) is 0.353. The van der Waals surface area contributed by atoms with Crippen molar-refractivity contribution < 1.29 is 8.78 Å². The zero-order valence-electron chi connectivity index (χ0n) is 10.00. The lowest BCUT2D eigenvalue weighted by Crippen LogP contribution is -2.17. The van der Waals surface area contributed by atoms with Crippen molar-refractivity contribution in [3.63, 3.8) is 0 Å². The summed E-state index contributed by atoms with van der Waals surface area (Å²) in [7, 11) is 0. The predicted octanol–water partition coefficient (Wildman–Crippen LogP) is 3.30. The molecule has 0 aliphatic carbocycles. The van der Waals surface area contributed by atoms with E-state index in [9.17, 15) is 8.78 Å². The zero-order chi connectivity index (χ0) is 12.8. The SMILES string of the molecule is Fc1cccc(F)c1CCNCc1ccccc1. The van der Waals surface area contributed by atoms with E-state index < -0.39 is 11.6 Å². The fourth-order valence-corrected chi connectivity index (χ4v) is 1.81. The first-order valence-electron chi connectivity index (χ1n) is 5.95. The summed E-state index contributed by atoms with van der Waals surface area (Å²) in [5.74, 6) is -0.951. The maximum Gasteiger partial charge on any atom is 0.129 e. The lowest BCUT2D eigenvalue weighted by molar-refractivity contribution is 0.546. The van der Waals surface area contributed by atoms with Crippen LogP contribution in [0.15, 0.2) is 48.5 Å². The van der Waals surface area contributed by atoms with Crippen LogP contribution < -0.4 is 5.32 Å². The quantitative estimate of drug-likeness (QED) is 0.799. The molecular formula is C15H15F2N. The molecule has 0 radical (unpaired) electrons. The molecule has 0 aliphatic rings. The first-order chi connectivity index (χ1) is 8.77. The second-order valence-electron chi connectivity index (χ2n) is 4.11. The van der Waals surface area contributed by atoms with Crippen molar-refractivity contribution in [2.45, 2.75) is 13.0 Å². The molecule has 0 atom stereocenters. The maximum absolute atomic E-state index is 13.3. The summed E-state index contributed by atoms with van der Waals surface area (Å²) in [5, 5.41) is 3.17. The lowest BCUT2D eigenvalue weighted by Gasteiger charge is -2.06. The van der Waals surface area contributed by atoms with Crippen LogP contribution >= 0.6 is 0 Å². The van der Waals surface area contributed by atoms with Gasteiger partial charge in [0.05, 0.1) is 0 Å². The van der Waals surface area contributed by atoms with Crippen LogP contribution in [0.1, 0.15) is 11.1 Å². The van der Waals surface area contributed by atoms with Crippen LogP contribution in [0.4, 0.5) is 8.78 Å². The van der Waals surface area contributed by atoms with Gasteiger partial charge in [-0.3, -0.25) is 0 Å². The molecule has 2 aromatic rings. The lowest BCUT2D eigenvalue weighted by atomic mass is 10.1. The normalized spacial score (nSPS) is 10.6. The molecule has 0 aromatic heterocycles. The van der Waals surface area contributed by atoms with E-state index in [1.807, 2.05) is 30.3 Å². The first kappa shape index (κ1) is 12.7. The molecule has 0 unspecified atom stereocenters. The molecule has 94 valence electrons. The third kappa shape index (κ3) is 3.37. The molecular weight excluding hydrogens is 232 g/mol. The van der Waals surface area contributed by atoms with Crippen LogP contribution in [0.25, 0.3) is 0 Å². The van der Waals surface area contributed by atoms with Crippen molar-refractivity contribution in [2.75, 3.05) is 6.54 Å². The molecule has 0 saturated heterocycles. The molecule has 2 rings (SSSR count). The van der Waals surface area contributed by atoms with E-state index in [1.165, 1.54) is 18.2 Å². The molecule has 2 aromatic carbocycles. The standard InChI is InChI=1S/C15H15F2N/c16-14-7-4-8-15(17)13(14)9-10-18-11-12-5-2-1-3-6-12/h1-8,18H,9-11H2. The smallest absolute Gasteiger partial charge is 0.129 e. The largest absolute Gasteiger partial charge is 0.312 e. The summed E-state index contributed by atoms with van der Waals surface area (Å²) < 4.78 is 26.7. The van der Waals surface area contributed by atoms with Crippen LogP contribution in [0.2, 0.25) is 0 Å². The molecule has 0 heterocycles. The van der Waals surface area contributed by atoms with Crippen LogP contribution in [0.5, 0.6) is 0 Å². The van der Waals surface area contributed by atoms with Gasteiger partial charge >= 0.3 is 0 Å². The molecule has 3 heteroatoms. The van der Waals surface area contributed by atoms with E-state index in [0.29, 0.717) is 19.5 Å². The highest BCUT2D eigenvalue weighted by atomic mass is 19.1. The highest BCUT2D eigenvalue weighted by Crippen LogP contribution is 2.12. The summed E-state index contributed by atoms with van der Waals surface area (Å²) in [4.78, 5) is 0. The van der Waals surface area contributed by atoms with Gasteiger partial charge in [-0.25, -0.2) is 8.78 Å². The molecule has 18 heavy (non-hydrogen) atoms. The monoisotopic (exact) mass is 247 g/mol. The van der Waals surface area contributed by atoms with Crippen molar-refractivity contribution in [1.82, 2.24) is 5.32 Å².